The van der Waals surface area contributed by atoms with Crippen LogP contribution in [0.15, 0.2) is 48.5 Å². The minimum absolute atomic E-state index is 0.122. The second-order valence-electron chi connectivity index (χ2n) is 9.16. The molecule has 2 fully saturated rings. The van der Waals surface area contributed by atoms with Gasteiger partial charge in [0.2, 0.25) is 11.8 Å². The van der Waals surface area contributed by atoms with Crippen molar-refractivity contribution in [2.45, 2.75) is 51.6 Å². The maximum absolute atomic E-state index is 13.1. The first-order chi connectivity index (χ1) is 15.0. The summed E-state index contributed by atoms with van der Waals surface area (Å²) in [6.45, 7) is 1.13. The molecule has 0 atom stereocenters. The van der Waals surface area contributed by atoms with Gasteiger partial charge in [0.25, 0.3) is 0 Å². The van der Waals surface area contributed by atoms with Gasteiger partial charge in [-0.2, -0.15) is 0 Å². The lowest BCUT2D eigenvalue weighted by molar-refractivity contribution is -0.133. The van der Waals surface area contributed by atoms with E-state index in [1.54, 1.807) is 0 Å². The molecule has 0 unspecified atom stereocenters. The van der Waals surface area contributed by atoms with Crippen molar-refractivity contribution in [3.8, 4) is 0 Å². The summed E-state index contributed by atoms with van der Waals surface area (Å²) in [6.07, 6.45) is 6.22. The summed E-state index contributed by atoms with van der Waals surface area (Å²) in [5.74, 6) is 0.643. The second kappa shape index (κ2) is 9.54. The van der Waals surface area contributed by atoms with Gasteiger partial charge in [-0.05, 0) is 55.0 Å². The molecule has 0 bridgehead atoms. The van der Waals surface area contributed by atoms with Gasteiger partial charge in [-0.15, -0.1) is 0 Å². The maximum atomic E-state index is 13.1. The Balaban J connectivity index is 1.56. The molecule has 5 heteroatoms. The number of hydrogen-bond acceptors (Lipinski definition) is 3. The van der Waals surface area contributed by atoms with E-state index in [4.69, 9.17) is 0 Å². The highest BCUT2D eigenvalue weighted by Crippen LogP contribution is 2.33. The van der Waals surface area contributed by atoms with Crippen LogP contribution in [0.2, 0.25) is 0 Å². The molecule has 2 amide bonds. The standard InChI is InChI=1S/C26H33N3O2/c1-28(2)24-15-14-23(27-25(30)20-10-6-7-11-20)16-22(24)18-29(26(31)21-12-13-21)17-19-8-4-3-5-9-19/h3-5,8-9,14-16,20-21H,6-7,10-13,17-18H2,1-2H3,(H,27,30). The summed E-state index contributed by atoms with van der Waals surface area (Å²) in [7, 11) is 4.03. The molecule has 164 valence electrons. The Morgan fingerprint density at radius 3 is 2.26 bits per heavy atom. The third-order valence-electron chi connectivity index (χ3n) is 6.37. The molecule has 0 heterocycles. The van der Waals surface area contributed by atoms with Crippen LogP contribution in [0.5, 0.6) is 0 Å². The Morgan fingerprint density at radius 1 is 0.903 bits per heavy atom. The smallest absolute Gasteiger partial charge is 0.227 e. The minimum Gasteiger partial charge on any atom is -0.377 e. The lowest BCUT2D eigenvalue weighted by Crippen LogP contribution is -2.32. The fourth-order valence-corrected chi connectivity index (χ4v) is 4.47. The molecule has 0 saturated heterocycles. The van der Waals surface area contributed by atoms with E-state index in [9.17, 15) is 9.59 Å². The zero-order chi connectivity index (χ0) is 21.8. The van der Waals surface area contributed by atoms with Gasteiger partial charge in [0, 0.05) is 50.4 Å². The van der Waals surface area contributed by atoms with Crippen LogP contribution in [-0.2, 0) is 22.7 Å². The largest absolute Gasteiger partial charge is 0.377 e. The second-order valence-corrected chi connectivity index (χ2v) is 9.16. The third-order valence-corrected chi connectivity index (χ3v) is 6.37. The van der Waals surface area contributed by atoms with Crippen LogP contribution in [0.3, 0.4) is 0 Å². The minimum atomic E-state index is 0.122. The van der Waals surface area contributed by atoms with Crippen LogP contribution in [0.1, 0.15) is 49.7 Å². The Kier molecular flexibility index (Phi) is 6.59. The molecule has 2 saturated carbocycles. The van der Waals surface area contributed by atoms with E-state index < -0.39 is 0 Å². The molecule has 2 aliphatic carbocycles. The average molecular weight is 420 g/mol. The monoisotopic (exact) mass is 419 g/mol. The van der Waals surface area contributed by atoms with Crippen molar-refractivity contribution in [3.05, 3.63) is 59.7 Å². The molecule has 0 aliphatic heterocycles. The molecule has 2 aliphatic rings. The quantitative estimate of drug-likeness (QED) is 0.667. The van der Waals surface area contributed by atoms with Crippen molar-refractivity contribution >= 4 is 23.2 Å². The summed E-state index contributed by atoms with van der Waals surface area (Å²) in [5.41, 5.74) is 4.07. The van der Waals surface area contributed by atoms with E-state index >= 15 is 0 Å². The fourth-order valence-electron chi connectivity index (χ4n) is 4.47. The van der Waals surface area contributed by atoms with Gasteiger partial charge in [0.1, 0.15) is 0 Å². The third kappa shape index (κ3) is 5.46. The molecule has 5 nitrogen and oxygen atoms in total. The number of amides is 2. The predicted octanol–water partition coefficient (Wildman–Crippen LogP) is 4.82. The Bertz CT molecular complexity index is 916. The van der Waals surface area contributed by atoms with Crippen LogP contribution in [0, 0.1) is 11.8 Å². The van der Waals surface area contributed by atoms with E-state index in [-0.39, 0.29) is 23.7 Å². The molecular formula is C26H33N3O2. The number of rotatable bonds is 8. The van der Waals surface area contributed by atoms with Gasteiger partial charge < -0.3 is 15.1 Å². The normalized spacial score (nSPS) is 16.2. The van der Waals surface area contributed by atoms with Crippen LogP contribution in [0.4, 0.5) is 11.4 Å². The first-order valence-electron chi connectivity index (χ1n) is 11.4. The SMILES string of the molecule is CN(C)c1ccc(NC(=O)C2CCCC2)cc1CN(Cc1ccccc1)C(=O)C1CC1. The number of nitrogens with zero attached hydrogens (tertiary/aromatic N) is 2. The van der Waals surface area contributed by atoms with Crippen LogP contribution < -0.4 is 10.2 Å². The number of nitrogens with one attached hydrogen (secondary N) is 1. The Hall–Kier alpha value is -2.82. The summed E-state index contributed by atoms with van der Waals surface area (Å²) in [5, 5.41) is 3.12. The van der Waals surface area contributed by atoms with Gasteiger partial charge in [-0.1, -0.05) is 43.2 Å². The first kappa shape index (κ1) is 21.4. The highest BCUT2D eigenvalue weighted by molar-refractivity contribution is 5.93. The maximum Gasteiger partial charge on any atom is 0.227 e. The van der Waals surface area contributed by atoms with Crippen LogP contribution in [0.25, 0.3) is 0 Å². The molecule has 4 rings (SSSR count). The van der Waals surface area contributed by atoms with Crippen molar-refractivity contribution in [1.82, 2.24) is 4.90 Å². The molecule has 2 aromatic carbocycles. The fraction of sp³-hybridized carbons (Fsp3) is 0.462. The van der Waals surface area contributed by atoms with Crippen molar-refractivity contribution in [3.63, 3.8) is 0 Å². The predicted molar refractivity (Wildman–Crippen MR) is 125 cm³/mol. The zero-order valence-corrected chi connectivity index (χ0v) is 18.6. The number of benzene rings is 2. The number of carbonyl (C=O) groups excluding carboxylic acids is 2. The highest BCUT2D eigenvalue weighted by atomic mass is 16.2. The molecule has 1 N–H and O–H groups in total. The highest BCUT2D eigenvalue weighted by Gasteiger charge is 2.33. The summed E-state index contributed by atoms with van der Waals surface area (Å²) in [4.78, 5) is 29.7. The molecular weight excluding hydrogens is 386 g/mol. The van der Waals surface area contributed by atoms with E-state index in [1.165, 1.54) is 0 Å². The summed E-state index contributed by atoms with van der Waals surface area (Å²) >= 11 is 0. The van der Waals surface area contributed by atoms with Crippen molar-refractivity contribution < 1.29 is 9.59 Å². The molecule has 0 aromatic heterocycles. The summed E-state index contributed by atoms with van der Waals surface area (Å²) < 4.78 is 0. The van der Waals surface area contributed by atoms with Crippen molar-refractivity contribution in [2.24, 2.45) is 11.8 Å². The van der Waals surface area contributed by atoms with Gasteiger partial charge in [-0.3, -0.25) is 9.59 Å². The van der Waals surface area contributed by atoms with Gasteiger partial charge >= 0.3 is 0 Å². The van der Waals surface area contributed by atoms with E-state index in [2.05, 4.69) is 22.3 Å². The molecule has 0 spiro atoms. The van der Waals surface area contributed by atoms with Gasteiger partial charge in [-0.25, -0.2) is 0 Å². The Morgan fingerprint density at radius 2 is 1.61 bits per heavy atom. The lowest BCUT2D eigenvalue weighted by Gasteiger charge is -2.27. The number of carbonyl (C=O) groups is 2. The van der Waals surface area contributed by atoms with Crippen molar-refractivity contribution in [2.75, 3.05) is 24.3 Å². The number of anilines is 2. The topological polar surface area (TPSA) is 52.7 Å². The molecule has 2 aromatic rings. The van der Waals surface area contributed by atoms with Gasteiger partial charge in [0.05, 0.1) is 0 Å². The molecule has 0 radical (unpaired) electrons. The molecule has 31 heavy (non-hydrogen) atoms. The summed E-state index contributed by atoms with van der Waals surface area (Å²) in [6, 6.07) is 16.2. The van der Waals surface area contributed by atoms with Crippen LogP contribution in [-0.4, -0.2) is 30.8 Å². The first-order valence-corrected chi connectivity index (χ1v) is 11.4. The lowest BCUT2D eigenvalue weighted by atomic mass is 10.1. The van der Waals surface area contributed by atoms with Crippen LogP contribution >= 0.6 is 0 Å². The zero-order valence-electron chi connectivity index (χ0n) is 18.6. The Labute approximate surface area is 185 Å². The van der Waals surface area contributed by atoms with E-state index in [1.807, 2.05) is 55.4 Å². The van der Waals surface area contributed by atoms with E-state index in [0.29, 0.717) is 13.1 Å². The number of hydrogen-bond donors (Lipinski definition) is 1. The average Bonchev–Trinajstić information content (AvgIpc) is 3.46. The van der Waals surface area contributed by atoms with Gasteiger partial charge in [0.15, 0.2) is 0 Å². The van der Waals surface area contributed by atoms with E-state index in [0.717, 1.165) is 61.0 Å². The van der Waals surface area contributed by atoms with Crippen molar-refractivity contribution in [1.29, 1.82) is 0 Å².